The van der Waals surface area contributed by atoms with Crippen LogP contribution in [0.4, 0.5) is 14.5 Å². The van der Waals surface area contributed by atoms with E-state index in [0.29, 0.717) is 12.2 Å². The highest BCUT2D eigenvalue weighted by atomic mass is 32.2. The number of carbonyl (C=O) groups is 2. The third-order valence-electron chi connectivity index (χ3n) is 2.46. The second-order valence-electron chi connectivity index (χ2n) is 4.18. The largest absolute Gasteiger partial charge is 0.468 e. The number of hydrogen-bond acceptors (Lipinski definition) is 5. The summed E-state index contributed by atoms with van der Waals surface area (Å²) < 4.78 is 30.3. The molecule has 0 saturated carbocycles. The topological polar surface area (TPSA) is 81.4 Å². The van der Waals surface area contributed by atoms with E-state index in [1.165, 1.54) is 18.9 Å². The van der Waals surface area contributed by atoms with E-state index >= 15 is 0 Å². The van der Waals surface area contributed by atoms with Crippen LogP contribution in [0.1, 0.15) is 6.42 Å². The first-order chi connectivity index (χ1) is 9.92. The summed E-state index contributed by atoms with van der Waals surface area (Å²) in [6.07, 6.45) is 0.374. The van der Waals surface area contributed by atoms with Gasteiger partial charge in [-0.25, -0.2) is 8.78 Å². The number of benzene rings is 1. The van der Waals surface area contributed by atoms with Gasteiger partial charge in [-0.3, -0.25) is 9.59 Å². The van der Waals surface area contributed by atoms with E-state index in [2.05, 4.69) is 10.1 Å². The lowest BCUT2D eigenvalue weighted by Gasteiger charge is -2.09. The molecular weight excluding hydrogens is 302 g/mol. The average Bonchev–Trinajstić information content (AvgIpc) is 2.41. The van der Waals surface area contributed by atoms with Crippen molar-refractivity contribution in [1.29, 1.82) is 0 Å². The predicted octanol–water partition coefficient (Wildman–Crippen LogP) is 1.53. The Balaban J connectivity index is 2.30. The van der Waals surface area contributed by atoms with Crippen LogP contribution in [-0.4, -0.2) is 36.5 Å². The number of nitrogens with one attached hydrogen (secondary N) is 1. The van der Waals surface area contributed by atoms with Crippen molar-refractivity contribution in [3.63, 3.8) is 0 Å². The lowest BCUT2D eigenvalue weighted by molar-refractivity contribution is -0.142. The number of nitrogens with two attached hydrogens (primary N) is 1. The van der Waals surface area contributed by atoms with Crippen molar-refractivity contribution in [3.8, 4) is 0 Å². The van der Waals surface area contributed by atoms with Crippen molar-refractivity contribution in [3.05, 3.63) is 29.8 Å². The van der Waals surface area contributed by atoms with Gasteiger partial charge in [0.05, 0.1) is 12.9 Å². The standard InChI is InChI=1S/C13H16F2N2O3S/c1-20-13(19)11(16)2-3-21-7-12(18)17-10-5-8(14)4-9(15)6-10/h4-6,11H,2-3,7,16H2,1H3,(H,17,18). The molecule has 0 aliphatic rings. The molecule has 1 aromatic rings. The molecular formula is C13H16F2N2O3S. The second kappa shape index (κ2) is 8.58. The van der Waals surface area contributed by atoms with E-state index in [-0.39, 0.29) is 11.4 Å². The summed E-state index contributed by atoms with van der Waals surface area (Å²) in [6, 6.07) is 2.05. The third-order valence-corrected chi connectivity index (χ3v) is 3.45. The number of esters is 1. The van der Waals surface area contributed by atoms with Crippen LogP contribution in [0.5, 0.6) is 0 Å². The fraction of sp³-hybridized carbons (Fsp3) is 0.385. The molecule has 1 amide bonds. The fourth-order valence-corrected chi connectivity index (χ4v) is 2.29. The second-order valence-corrected chi connectivity index (χ2v) is 5.28. The Morgan fingerprint density at radius 1 is 1.33 bits per heavy atom. The van der Waals surface area contributed by atoms with Gasteiger partial charge in [0, 0.05) is 11.8 Å². The summed E-state index contributed by atoms with van der Waals surface area (Å²) in [6.45, 7) is 0. The highest BCUT2D eigenvalue weighted by Gasteiger charge is 2.13. The SMILES string of the molecule is COC(=O)C(N)CCSCC(=O)Nc1cc(F)cc(F)c1. The maximum Gasteiger partial charge on any atom is 0.322 e. The molecule has 3 N–H and O–H groups in total. The molecule has 0 aliphatic heterocycles. The van der Waals surface area contributed by atoms with Crippen molar-refractivity contribution in [2.24, 2.45) is 5.73 Å². The maximum atomic E-state index is 12.9. The molecule has 1 aromatic carbocycles. The summed E-state index contributed by atoms with van der Waals surface area (Å²) in [7, 11) is 1.25. The number of methoxy groups -OCH3 is 1. The van der Waals surface area contributed by atoms with Crippen LogP contribution in [0.25, 0.3) is 0 Å². The van der Waals surface area contributed by atoms with E-state index in [9.17, 15) is 18.4 Å². The number of ether oxygens (including phenoxy) is 1. The smallest absolute Gasteiger partial charge is 0.322 e. The summed E-state index contributed by atoms with van der Waals surface area (Å²) in [5.74, 6) is -1.84. The van der Waals surface area contributed by atoms with Gasteiger partial charge in [-0.15, -0.1) is 0 Å². The van der Waals surface area contributed by atoms with Crippen LogP contribution < -0.4 is 11.1 Å². The molecule has 0 radical (unpaired) electrons. The number of thioether (sulfide) groups is 1. The van der Waals surface area contributed by atoms with Crippen LogP contribution in [-0.2, 0) is 14.3 Å². The maximum absolute atomic E-state index is 12.9. The molecule has 1 atom stereocenters. The van der Waals surface area contributed by atoms with E-state index in [1.807, 2.05) is 0 Å². The van der Waals surface area contributed by atoms with Crippen molar-refractivity contribution in [1.82, 2.24) is 0 Å². The lowest BCUT2D eigenvalue weighted by atomic mass is 10.2. The van der Waals surface area contributed by atoms with E-state index in [4.69, 9.17) is 5.73 Å². The van der Waals surface area contributed by atoms with E-state index < -0.39 is 29.6 Å². The number of carbonyl (C=O) groups excluding carboxylic acids is 2. The van der Waals surface area contributed by atoms with Gasteiger partial charge < -0.3 is 15.8 Å². The normalized spacial score (nSPS) is 11.8. The summed E-state index contributed by atoms with van der Waals surface area (Å²) >= 11 is 1.26. The highest BCUT2D eigenvalue weighted by molar-refractivity contribution is 7.99. The zero-order valence-corrected chi connectivity index (χ0v) is 12.2. The Labute approximate surface area is 125 Å². The first-order valence-electron chi connectivity index (χ1n) is 6.09. The minimum absolute atomic E-state index is 0.0596. The predicted molar refractivity (Wildman–Crippen MR) is 76.9 cm³/mol. The molecule has 8 heteroatoms. The van der Waals surface area contributed by atoms with Gasteiger partial charge in [0.15, 0.2) is 0 Å². The molecule has 0 heterocycles. The van der Waals surface area contributed by atoms with Crippen LogP contribution in [0.15, 0.2) is 18.2 Å². The molecule has 116 valence electrons. The number of hydrogen-bond donors (Lipinski definition) is 2. The summed E-state index contributed by atoms with van der Waals surface area (Å²) in [4.78, 5) is 22.6. The lowest BCUT2D eigenvalue weighted by Crippen LogP contribution is -2.32. The molecule has 1 unspecified atom stereocenters. The Kier molecular flexibility index (Phi) is 7.10. The molecule has 0 aliphatic carbocycles. The molecule has 0 saturated heterocycles. The van der Waals surface area contributed by atoms with Gasteiger partial charge in [-0.1, -0.05) is 0 Å². The van der Waals surface area contributed by atoms with Crippen LogP contribution in [0.3, 0.4) is 0 Å². The Bertz CT molecular complexity index is 494. The third kappa shape index (κ3) is 6.54. The number of amides is 1. The van der Waals surface area contributed by atoms with Gasteiger partial charge in [0.2, 0.25) is 5.91 Å². The van der Waals surface area contributed by atoms with Crippen molar-refractivity contribution in [2.75, 3.05) is 23.9 Å². The fourth-order valence-electron chi connectivity index (χ4n) is 1.47. The van der Waals surface area contributed by atoms with Crippen molar-refractivity contribution >= 4 is 29.3 Å². The summed E-state index contributed by atoms with van der Waals surface area (Å²) in [5.41, 5.74) is 5.59. The minimum atomic E-state index is -0.762. The van der Waals surface area contributed by atoms with Gasteiger partial charge in [0.1, 0.15) is 17.7 Å². The zero-order valence-electron chi connectivity index (χ0n) is 11.4. The molecule has 0 bridgehead atoms. The zero-order chi connectivity index (χ0) is 15.8. The molecule has 0 fully saturated rings. The summed E-state index contributed by atoms with van der Waals surface area (Å²) in [5, 5.41) is 2.38. The number of halogens is 2. The first-order valence-corrected chi connectivity index (χ1v) is 7.25. The Hall–Kier alpha value is -1.67. The van der Waals surface area contributed by atoms with E-state index in [0.717, 1.165) is 18.2 Å². The first kappa shape index (κ1) is 17.4. The molecule has 0 aromatic heterocycles. The van der Waals surface area contributed by atoms with Crippen molar-refractivity contribution < 1.29 is 23.1 Å². The van der Waals surface area contributed by atoms with Crippen LogP contribution >= 0.6 is 11.8 Å². The minimum Gasteiger partial charge on any atom is -0.468 e. The Morgan fingerprint density at radius 3 is 2.52 bits per heavy atom. The number of anilines is 1. The number of rotatable bonds is 7. The van der Waals surface area contributed by atoms with Gasteiger partial charge in [-0.05, 0) is 24.3 Å². The molecule has 1 rings (SSSR count). The van der Waals surface area contributed by atoms with Gasteiger partial charge >= 0.3 is 5.97 Å². The van der Waals surface area contributed by atoms with Gasteiger partial charge in [-0.2, -0.15) is 11.8 Å². The van der Waals surface area contributed by atoms with Crippen LogP contribution in [0.2, 0.25) is 0 Å². The van der Waals surface area contributed by atoms with E-state index in [1.54, 1.807) is 0 Å². The molecule has 5 nitrogen and oxygen atoms in total. The molecule has 0 spiro atoms. The monoisotopic (exact) mass is 318 g/mol. The molecule has 21 heavy (non-hydrogen) atoms. The highest BCUT2D eigenvalue weighted by Crippen LogP contribution is 2.13. The van der Waals surface area contributed by atoms with Crippen molar-refractivity contribution in [2.45, 2.75) is 12.5 Å². The van der Waals surface area contributed by atoms with Gasteiger partial charge in [0.25, 0.3) is 0 Å². The van der Waals surface area contributed by atoms with Crippen LogP contribution in [0, 0.1) is 11.6 Å². The quantitative estimate of drug-likeness (QED) is 0.588. The Morgan fingerprint density at radius 2 is 1.95 bits per heavy atom. The average molecular weight is 318 g/mol.